The Balaban J connectivity index is 1.36. The number of allylic oxidation sites excluding steroid dienone is 1. The number of fused-ring (bicyclic) bond motifs is 2. The summed E-state index contributed by atoms with van der Waals surface area (Å²) in [6, 6.07) is 26.0. The summed E-state index contributed by atoms with van der Waals surface area (Å²) < 4.78 is 48.5. The van der Waals surface area contributed by atoms with Crippen molar-refractivity contribution in [3.05, 3.63) is 119 Å². The van der Waals surface area contributed by atoms with Gasteiger partial charge >= 0.3 is 0 Å². The van der Waals surface area contributed by atoms with Crippen LogP contribution in [0.3, 0.4) is 0 Å². The van der Waals surface area contributed by atoms with Crippen molar-refractivity contribution in [3.8, 4) is 0 Å². The number of ether oxygens (including phenoxy) is 1. The second kappa shape index (κ2) is 11.7. The first-order valence-corrected chi connectivity index (χ1v) is 15.4. The molecular weight excluding hydrogens is 569 g/mol. The number of halogens is 1. The summed E-state index contributed by atoms with van der Waals surface area (Å²) in [5.74, 6) is -1.44. The van der Waals surface area contributed by atoms with E-state index in [1.807, 2.05) is 47.4 Å². The predicted molar refractivity (Wildman–Crippen MR) is 161 cm³/mol. The molecule has 2 heterocycles. The number of rotatable bonds is 8. The lowest BCUT2D eigenvalue weighted by Crippen LogP contribution is -2.51. The molecule has 0 saturated carbocycles. The van der Waals surface area contributed by atoms with Crippen LogP contribution in [0.25, 0.3) is 16.5 Å². The van der Waals surface area contributed by atoms with Crippen LogP contribution in [0.1, 0.15) is 21.5 Å². The average molecular weight is 600 g/mol. The summed E-state index contributed by atoms with van der Waals surface area (Å²) >= 11 is 0. The van der Waals surface area contributed by atoms with Crippen LogP contribution in [0.5, 0.6) is 0 Å². The summed E-state index contributed by atoms with van der Waals surface area (Å²) in [4.78, 5) is 30.3. The van der Waals surface area contributed by atoms with E-state index in [0.717, 1.165) is 33.8 Å². The second-order valence-corrected chi connectivity index (χ2v) is 12.6. The van der Waals surface area contributed by atoms with Crippen molar-refractivity contribution in [2.75, 3.05) is 33.2 Å². The third kappa shape index (κ3) is 5.56. The lowest BCUT2D eigenvalue weighted by atomic mass is 10.0. The molecule has 0 N–H and O–H groups in total. The van der Waals surface area contributed by atoms with E-state index in [-0.39, 0.29) is 27.5 Å². The minimum Gasteiger partial charge on any atom is -0.465 e. The lowest BCUT2D eigenvalue weighted by Gasteiger charge is -2.38. The smallest absolute Gasteiger partial charge is 0.265 e. The van der Waals surface area contributed by atoms with E-state index >= 15 is 0 Å². The summed E-state index contributed by atoms with van der Waals surface area (Å²) in [6.07, 6.45) is -0.454. The molecule has 2 aliphatic heterocycles. The van der Waals surface area contributed by atoms with Crippen molar-refractivity contribution < 1.29 is 27.1 Å². The summed E-state index contributed by atoms with van der Waals surface area (Å²) in [5.41, 5.74) is 1.22. The first kappa shape index (κ1) is 28.7. The Kier molecular flexibility index (Phi) is 7.83. The van der Waals surface area contributed by atoms with Crippen molar-refractivity contribution >= 4 is 38.6 Å². The molecule has 10 heteroatoms. The minimum absolute atomic E-state index is 0.0261. The molecule has 0 spiro atoms. The zero-order valence-electron chi connectivity index (χ0n) is 23.5. The number of sulfonamides is 1. The first-order chi connectivity index (χ1) is 20.8. The van der Waals surface area contributed by atoms with E-state index in [1.54, 1.807) is 18.2 Å². The average Bonchev–Trinajstić information content (AvgIpc) is 3.03. The monoisotopic (exact) mass is 599 g/mol. The van der Waals surface area contributed by atoms with Gasteiger partial charge in [0, 0.05) is 50.9 Å². The number of carbonyl (C=O) groups excluding carboxylic acids is 2. The summed E-state index contributed by atoms with van der Waals surface area (Å²) in [6.45, 7) is 3.17. The van der Waals surface area contributed by atoms with Gasteiger partial charge in [-0.2, -0.15) is 0 Å². The topological polar surface area (TPSA) is 87.2 Å². The number of hydrogen-bond donors (Lipinski definition) is 0. The number of nitrogens with zero attached hydrogens (tertiary/aromatic N) is 3. The summed E-state index contributed by atoms with van der Waals surface area (Å²) in [7, 11) is -3.06. The molecule has 0 amide bonds. The van der Waals surface area contributed by atoms with Crippen LogP contribution in [0.2, 0.25) is 0 Å². The number of carbonyl (C=O) groups is 2. The van der Waals surface area contributed by atoms with E-state index < -0.39 is 27.9 Å². The molecule has 6 rings (SSSR count). The van der Waals surface area contributed by atoms with Crippen LogP contribution in [0, 0.1) is 5.82 Å². The van der Waals surface area contributed by atoms with Gasteiger partial charge in [-0.05, 0) is 40.6 Å². The SMILES string of the molecule is CN1C(C(=O)c2ccc3ccccc3c2)=C(OC(C=O)N2CCN(Cc3ccccc3)CC2)c2ccc(F)cc2S1(=O)=O. The zero-order chi connectivity index (χ0) is 30.1. The number of benzene rings is 4. The normalized spacial score (nSPS) is 17.9. The van der Waals surface area contributed by atoms with E-state index in [1.165, 1.54) is 18.7 Å². The largest absolute Gasteiger partial charge is 0.465 e. The second-order valence-electron chi connectivity index (χ2n) is 10.6. The molecule has 1 fully saturated rings. The maximum Gasteiger partial charge on any atom is 0.265 e. The van der Waals surface area contributed by atoms with Gasteiger partial charge in [-0.15, -0.1) is 0 Å². The molecule has 4 aromatic rings. The van der Waals surface area contributed by atoms with Crippen LogP contribution in [-0.2, 0) is 26.1 Å². The van der Waals surface area contributed by atoms with E-state index in [4.69, 9.17) is 4.74 Å². The van der Waals surface area contributed by atoms with Gasteiger partial charge in [-0.3, -0.25) is 23.7 Å². The molecular formula is C33H30FN3O5S. The van der Waals surface area contributed by atoms with Crippen molar-refractivity contribution in [2.45, 2.75) is 17.7 Å². The van der Waals surface area contributed by atoms with Crippen LogP contribution < -0.4 is 0 Å². The van der Waals surface area contributed by atoms with Gasteiger partial charge in [0.2, 0.25) is 12.0 Å². The Bertz CT molecular complexity index is 1840. The quantitative estimate of drug-likeness (QED) is 0.217. The third-order valence-corrected chi connectivity index (χ3v) is 9.75. The number of Topliss-reactive ketones (excluding diaryl/α,β-unsaturated/α-hetero) is 1. The Morgan fingerprint density at radius 3 is 2.33 bits per heavy atom. The van der Waals surface area contributed by atoms with Gasteiger partial charge in [-0.25, -0.2) is 12.8 Å². The highest BCUT2D eigenvalue weighted by molar-refractivity contribution is 7.89. The van der Waals surface area contributed by atoms with E-state index in [0.29, 0.717) is 32.5 Å². The van der Waals surface area contributed by atoms with Gasteiger partial charge < -0.3 is 4.74 Å². The van der Waals surface area contributed by atoms with E-state index in [2.05, 4.69) is 17.0 Å². The van der Waals surface area contributed by atoms with Crippen LogP contribution in [0.15, 0.2) is 102 Å². The summed E-state index contributed by atoms with van der Waals surface area (Å²) in [5, 5.41) is 1.72. The standard InChI is InChI=1S/C33H30FN3O5S/c1-35-31(32(39)26-12-11-24-9-5-6-10-25(24)19-26)33(28-14-13-27(34)20-29(28)43(35,40)41)42-30(22-38)37-17-15-36(16-18-37)21-23-7-3-2-4-8-23/h2-14,19-20,22,30H,15-18,21H2,1H3. The predicted octanol–water partition coefficient (Wildman–Crippen LogP) is 4.52. The number of hydrogen-bond acceptors (Lipinski definition) is 7. The Morgan fingerprint density at radius 2 is 1.60 bits per heavy atom. The Hall–Kier alpha value is -4.38. The highest BCUT2D eigenvalue weighted by Gasteiger charge is 2.41. The number of piperazine rings is 1. The first-order valence-electron chi connectivity index (χ1n) is 13.9. The molecule has 4 aromatic carbocycles. The van der Waals surface area contributed by atoms with Crippen molar-refractivity contribution in [2.24, 2.45) is 0 Å². The molecule has 8 nitrogen and oxygen atoms in total. The molecule has 43 heavy (non-hydrogen) atoms. The molecule has 0 bridgehead atoms. The Labute approximate surface area is 249 Å². The maximum atomic E-state index is 14.3. The van der Waals surface area contributed by atoms with Crippen molar-refractivity contribution in [3.63, 3.8) is 0 Å². The van der Waals surface area contributed by atoms with Crippen LogP contribution in [0.4, 0.5) is 4.39 Å². The molecule has 0 aromatic heterocycles. The number of aldehydes is 1. The van der Waals surface area contributed by atoms with Gasteiger partial charge in [0.15, 0.2) is 12.0 Å². The minimum atomic E-state index is -4.30. The molecule has 1 unspecified atom stereocenters. The lowest BCUT2D eigenvalue weighted by molar-refractivity contribution is -0.125. The molecule has 2 aliphatic rings. The van der Waals surface area contributed by atoms with Crippen molar-refractivity contribution in [1.29, 1.82) is 0 Å². The highest BCUT2D eigenvalue weighted by atomic mass is 32.2. The van der Waals surface area contributed by atoms with Gasteiger partial charge in [0.1, 0.15) is 16.4 Å². The fourth-order valence-electron chi connectivity index (χ4n) is 5.59. The number of ketones is 1. The van der Waals surface area contributed by atoms with Gasteiger partial charge in [0.25, 0.3) is 10.0 Å². The van der Waals surface area contributed by atoms with E-state index in [9.17, 15) is 22.4 Å². The van der Waals surface area contributed by atoms with Crippen LogP contribution in [-0.4, -0.2) is 74.0 Å². The van der Waals surface area contributed by atoms with Crippen LogP contribution >= 0.6 is 0 Å². The molecule has 0 radical (unpaired) electrons. The Morgan fingerprint density at radius 1 is 0.907 bits per heavy atom. The molecule has 1 atom stereocenters. The van der Waals surface area contributed by atoms with Gasteiger partial charge in [0.05, 0.1) is 0 Å². The molecule has 1 saturated heterocycles. The van der Waals surface area contributed by atoms with Gasteiger partial charge in [-0.1, -0.05) is 66.7 Å². The number of likely N-dealkylation sites (N-methyl/N-ethyl adjacent to an activating group) is 1. The van der Waals surface area contributed by atoms with Crippen molar-refractivity contribution in [1.82, 2.24) is 14.1 Å². The fraction of sp³-hybridized carbons (Fsp3) is 0.212. The molecule has 0 aliphatic carbocycles. The fourth-order valence-corrected chi connectivity index (χ4v) is 7.00. The zero-order valence-corrected chi connectivity index (χ0v) is 24.3. The molecule has 220 valence electrons. The third-order valence-electron chi connectivity index (χ3n) is 7.95. The maximum absolute atomic E-state index is 14.3. The highest BCUT2D eigenvalue weighted by Crippen LogP contribution is 2.39.